The lowest BCUT2D eigenvalue weighted by atomic mass is 9.90. The molecule has 1 amide bonds. The van der Waals surface area contributed by atoms with Gasteiger partial charge in [0.15, 0.2) is 11.5 Å². The van der Waals surface area contributed by atoms with E-state index in [1.54, 1.807) is 13.2 Å². The molecule has 2 N–H and O–H groups in total. The third kappa shape index (κ3) is 4.35. The number of hydrogen-bond donors (Lipinski definition) is 2. The molecule has 0 unspecified atom stereocenters. The Labute approximate surface area is 153 Å². The van der Waals surface area contributed by atoms with Crippen LogP contribution in [-0.4, -0.2) is 54.8 Å². The van der Waals surface area contributed by atoms with Gasteiger partial charge >= 0.3 is 0 Å². The fraction of sp³-hybridized carbons (Fsp3) is 0.474. The Morgan fingerprint density at radius 3 is 2.85 bits per heavy atom. The second-order valence-electron chi connectivity index (χ2n) is 7.20. The van der Waals surface area contributed by atoms with Crippen molar-refractivity contribution in [1.82, 2.24) is 20.4 Å². The van der Waals surface area contributed by atoms with Gasteiger partial charge in [-0.3, -0.25) is 9.89 Å². The highest BCUT2D eigenvalue weighted by atomic mass is 16.5. The standard InChI is InChI=1S/C19H26N4O3/c1-19(8-9-23(2)13-19)12-20-18(24)15-10-14(21-22-15)11-26-17-7-5-4-6-16(17)25-3/h4-7,10H,8-9,11-13H2,1-3H3,(H,20,24)(H,21,22)/t19-/m0/s1. The summed E-state index contributed by atoms with van der Waals surface area (Å²) in [6, 6.07) is 9.15. The van der Waals surface area contributed by atoms with Crippen molar-refractivity contribution in [3.8, 4) is 11.5 Å². The Balaban J connectivity index is 1.53. The number of carbonyl (C=O) groups is 1. The number of amides is 1. The van der Waals surface area contributed by atoms with Gasteiger partial charge in [-0.2, -0.15) is 5.10 Å². The first kappa shape index (κ1) is 18.3. The number of aromatic nitrogens is 2. The number of benzene rings is 1. The van der Waals surface area contributed by atoms with Crippen LogP contribution < -0.4 is 14.8 Å². The zero-order valence-electron chi connectivity index (χ0n) is 15.5. The van der Waals surface area contributed by atoms with Crippen LogP contribution in [0.5, 0.6) is 11.5 Å². The molecule has 3 rings (SSSR count). The lowest BCUT2D eigenvalue weighted by molar-refractivity contribution is 0.0930. The normalized spacial score (nSPS) is 20.1. The van der Waals surface area contributed by atoms with E-state index in [-0.39, 0.29) is 17.9 Å². The van der Waals surface area contributed by atoms with Gasteiger partial charge in [-0.1, -0.05) is 19.1 Å². The molecule has 0 aliphatic carbocycles. The second-order valence-corrected chi connectivity index (χ2v) is 7.20. The number of hydrogen-bond acceptors (Lipinski definition) is 5. The first-order valence-electron chi connectivity index (χ1n) is 8.76. The van der Waals surface area contributed by atoms with Crippen LogP contribution in [-0.2, 0) is 6.61 Å². The van der Waals surface area contributed by atoms with Crippen LogP contribution in [0.4, 0.5) is 0 Å². The molecule has 26 heavy (non-hydrogen) atoms. The summed E-state index contributed by atoms with van der Waals surface area (Å²) in [7, 11) is 3.71. The van der Waals surface area contributed by atoms with Gasteiger partial charge in [0.2, 0.25) is 0 Å². The number of methoxy groups -OCH3 is 1. The van der Waals surface area contributed by atoms with Crippen molar-refractivity contribution in [2.45, 2.75) is 20.0 Å². The van der Waals surface area contributed by atoms with E-state index in [0.29, 0.717) is 23.7 Å². The van der Waals surface area contributed by atoms with Crippen LogP contribution in [0.2, 0.25) is 0 Å². The summed E-state index contributed by atoms with van der Waals surface area (Å²) in [5.74, 6) is 1.15. The molecule has 0 radical (unpaired) electrons. The van der Waals surface area contributed by atoms with Crippen LogP contribution in [0, 0.1) is 5.41 Å². The summed E-state index contributed by atoms with van der Waals surface area (Å²) in [6.07, 6.45) is 1.09. The minimum absolute atomic E-state index is 0.122. The minimum Gasteiger partial charge on any atom is -0.493 e. The Hall–Kier alpha value is -2.54. The molecule has 1 atom stereocenters. The first-order chi connectivity index (χ1) is 12.5. The maximum Gasteiger partial charge on any atom is 0.271 e. The van der Waals surface area contributed by atoms with E-state index in [2.05, 4.69) is 34.4 Å². The van der Waals surface area contributed by atoms with E-state index in [4.69, 9.17) is 9.47 Å². The zero-order valence-corrected chi connectivity index (χ0v) is 15.5. The summed E-state index contributed by atoms with van der Waals surface area (Å²) in [5.41, 5.74) is 1.22. The lowest BCUT2D eigenvalue weighted by Gasteiger charge is -2.23. The molecule has 1 aromatic carbocycles. The smallest absolute Gasteiger partial charge is 0.271 e. The molecule has 7 heteroatoms. The second kappa shape index (κ2) is 7.78. The third-order valence-electron chi connectivity index (χ3n) is 4.74. The van der Waals surface area contributed by atoms with Gasteiger partial charge in [0, 0.05) is 13.1 Å². The quantitative estimate of drug-likeness (QED) is 0.792. The summed E-state index contributed by atoms with van der Waals surface area (Å²) in [6.45, 7) is 5.19. The van der Waals surface area contributed by atoms with Crippen LogP contribution in [0.1, 0.15) is 29.5 Å². The molecular weight excluding hydrogens is 332 g/mol. The fourth-order valence-corrected chi connectivity index (χ4v) is 3.24. The number of likely N-dealkylation sites (tertiary alicyclic amines) is 1. The Morgan fingerprint density at radius 2 is 2.15 bits per heavy atom. The van der Waals surface area contributed by atoms with Crippen LogP contribution >= 0.6 is 0 Å². The molecule has 1 saturated heterocycles. The predicted octanol–water partition coefficient (Wildman–Crippen LogP) is 2.07. The molecule has 2 aromatic rings. The number of aromatic amines is 1. The maximum absolute atomic E-state index is 12.3. The van der Waals surface area contributed by atoms with Gasteiger partial charge in [0.25, 0.3) is 5.91 Å². The Morgan fingerprint density at radius 1 is 1.38 bits per heavy atom. The maximum atomic E-state index is 12.3. The van der Waals surface area contributed by atoms with Gasteiger partial charge in [-0.25, -0.2) is 0 Å². The van der Waals surface area contributed by atoms with Gasteiger partial charge in [-0.05, 0) is 43.6 Å². The highest BCUT2D eigenvalue weighted by molar-refractivity contribution is 5.92. The van der Waals surface area contributed by atoms with E-state index >= 15 is 0 Å². The number of H-pyrrole nitrogens is 1. The number of nitrogens with one attached hydrogen (secondary N) is 2. The van der Waals surface area contributed by atoms with Crippen LogP contribution in [0.3, 0.4) is 0 Å². The highest BCUT2D eigenvalue weighted by Gasteiger charge is 2.32. The van der Waals surface area contributed by atoms with Gasteiger partial charge in [-0.15, -0.1) is 0 Å². The van der Waals surface area contributed by atoms with Crippen molar-refractivity contribution in [2.75, 3.05) is 33.8 Å². The molecule has 2 heterocycles. The van der Waals surface area contributed by atoms with Crippen LogP contribution in [0.25, 0.3) is 0 Å². The summed E-state index contributed by atoms with van der Waals surface area (Å²) < 4.78 is 11.0. The van der Waals surface area contributed by atoms with E-state index in [9.17, 15) is 4.79 Å². The lowest BCUT2D eigenvalue weighted by Crippen LogP contribution is -2.37. The Kier molecular flexibility index (Phi) is 5.46. The van der Waals surface area contributed by atoms with E-state index < -0.39 is 0 Å². The number of nitrogens with zero attached hydrogens (tertiary/aromatic N) is 2. The third-order valence-corrected chi connectivity index (χ3v) is 4.74. The Bertz CT molecular complexity index is 761. The van der Waals surface area contributed by atoms with Gasteiger partial charge in [0.05, 0.1) is 12.8 Å². The topological polar surface area (TPSA) is 79.5 Å². The van der Waals surface area contributed by atoms with Crippen molar-refractivity contribution in [3.63, 3.8) is 0 Å². The fourth-order valence-electron chi connectivity index (χ4n) is 3.24. The first-order valence-corrected chi connectivity index (χ1v) is 8.76. The van der Waals surface area contributed by atoms with Gasteiger partial charge < -0.3 is 19.7 Å². The monoisotopic (exact) mass is 358 g/mol. The molecule has 0 saturated carbocycles. The molecule has 0 spiro atoms. The zero-order chi connectivity index (χ0) is 18.6. The SMILES string of the molecule is COc1ccccc1OCc1cc(C(=O)NC[C@]2(C)CCN(C)C2)n[nH]1. The molecule has 1 fully saturated rings. The number of carbonyl (C=O) groups excluding carboxylic acids is 1. The molecule has 140 valence electrons. The molecule has 0 bridgehead atoms. The number of para-hydroxylation sites is 2. The molecule has 1 aromatic heterocycles. The van der Waals surface area contributed by atoms with Crippen molar-refractivity contribution < 1.29 is 14.3 Å². The van der Waals surface area contributed by atoms with Crippen molar-refractivity contribution in [1.29, 1.82) is 0 Å². The van der Waals surface area contributed by atoms with Crippen molar-refractivity contribution >= 4 is 5.91 Å². The minimum atomic E-state index is -0.166. The summed E-state index contributed by atoms with van der Waals surface area (Å²) in [5, 5.41) is 9.95. The van der Waals surface area contributed by atoms with Gasteiger partial charge in [0.1, 0.15) is 12.3 Å². The summed E-state index contributed by atoms with van der Waals surface area (Å²) in [4.78, 5) is 14.6. The molecule has 1 aliphatic heterocycles. The average molecular weight is 358 g/mol. The van der Waals surface area contributed by atoms with Crippen molar-refractivity contribution in [2.24, 2.45) is 5.41 Å². The highest BCUT2D eigenvalue weighted by Crippen LogP contribution is 2.28. The molecular formula is C19H26N4O3. The van der Waals surface area contributed by atoms with E-state index in [1.807, 2.05) is 24.3 Å². The average Bonchev–Trinajstić information content (AvgIpc) is 3.25. The number of ether oxygens (including phenoxy) is 2. The molecule has 1 aliphatic rings. The van der Waals surface area contributed by atoms with E-state index in [0.717, 1.165) is 25.2 Å². The largest absolute Gasteiger partial charge is 0.493 e. The summed E-state index contributed by atoms with van der Waals surface area (Å²) >= 11 is 0. The number of rotatable bonds is 7. The van der Waals surface area contributed by atoms with Crippen LogP contribution in [0.15, 0.2) is 30.3 Å². The van der Waals surface area contributed by atoms with Crippen molar-refractivity contribution in [3.05, 3.63) is 41.7 Å². The van der Waals surface area contributed by atoms with E-state index in [1.165, 1.54) is 0 Å². The predicted molar refractivity (Wildman–Crippen MR) is 98.5 cm³/mol. The molecule has 7 nitrogen and oxygen atoms in total.